The van der Waals surface area contributed by atoms with Gasteiger partial charge in [-0.3, -0.25) is 4.68 Å². The summed E-state index contributed by atoms with van der Waals surface area (Å²) < 4.78 is 30.4. The van der Waals surface area contributed by atoms with Gasteiger partial charge < -0.3 is 23.8 Å². The SMILES string of the molecule is Cc1nn(C)c(C)c1-c1c(Cl)ccc2c(CCCOc3cccc4cc(F)ccc34)c(C(=O)OC(C)(C)C)n(CCN3CC4(CN(C)C4)C3)c12. The van der Waals surface area contributed by atoms with Crippen molar-refractivity contribution >= 4 is 39.2 Å². The van der Waals surface area contributed by atoms with Gasteiger partial charge in [0.1, 0.15) is 22.9 Å². The van der Waals surface area contributed by atoms with Gasteiger partial charge in [0, 0.05) is 79.3 Å². The molecule has 2 aliphatic rings. The molecule has 0 aliphatic carbocycles. The molecule has 7 rings (SSSR count). The quantitative estimate of drug-likeness (QED) is 0.109. The van der Waals surface area contributed by atoms with Crippen LogP contribution in [0, 0.1) is 25.1 Å². The molecule has 264 valence electrons. The number of halogens is 2. The van der Waals surface area contributed by atoms with Crippen LogP contribution in [0.15, 0.2) is 48.5 Å². The Hall–Kier alpha value is -3.92. The molecule has 5 aromatic rings. The summed E-state index contributed by atoms with van der Waals surface area (Å²) in [5.74, 6) is 0.0862. The second kappa shape index (κ2) is 13.0. The van der Waals surface area contributed by atoms with Gasteiger partial charge in [-0.05, 0) is 95.8 Å². The number of carbonyl (C=O) groups is 1. The zero-order valence-electron chi connectivity index (χ0n) is 30.2. The lowest BCUT2D eigenvalue weighted by Crippen LogP contribution is -2.71. The maximum Gasteiger partial charge on any atom is 0.355 e. The summed E-state index contributed by atoms with van der Waals surface area (Å²) >= 11 is 7.12. The van der Waals surface area contributed by atoms with Gasteiger partial charge in [0.15, 0.2) is 0 Å². The Morgan fingerprint density at radius 1 is 0.980 bits per heavy atom. The molecule has 50 heavy (non-hydrogen) atoms. The molecule has 0 radical (unpaired) electrons. The zero-order chi connectivity index (χ0) is 35.5. The molecule has 1 spiro atoms. The number of aryl methyl sites for hydroxylation is 3. The number of benzene rings is 3. The highest BCUT2D eigenvalue weighted by Crippen LogP contribution is 2.43. The Bertz CT molecular complexity index is 2100. The van der Waals surface area contributed by atoms with E-state index in [4.69, 9.17) is 26.2 Å². The van der Waals surface area contributed by atoms with Crippen LogP contribution in [0.5, 0.6) is 5.75 Å². The Kier molecular flexibility index (Phi) is 8.98. The number of likely N-dealkylation sites (tertiary alicyclic amines) is 2. The Labute approximate surface area is 298 Å². The lowest BCUT2D eigenvalue weighted by Gasteiger charge is -2.59. The molecule has 2 fully saturated rings. The second-order valence-electron chi connectivity index (χ2n) is 15.4. The van der Waals surface area contributed by atoms with Crippen molar-refractivity contribution in [3.05, 3.63) is 82.0 Å². The molecule has 10 heteroatoms. The maximum absolute atomic E-state index is 14.3. The fraction of sp³-hybridized carbons (Fsp3) is 0.450. The van der Waals surface area contributed by atoms with Crippen molar-refractivity contribution in [2.75, 3.05) is 46.4 Å². The zero-order valence-corrected chi connectivity index (χ0v) is 31.0. The van der Waals surface area contributed by atoms with E-state index in [1.165, 1.54) is 12.1 Å². The van der Waals surface area contributed by atoms with Crippen LogP contribution in [-0.2, 0) is 24.8 Å². The fourth-order valence-electron chi connectivity index (χ4n) is 8.28. The first-order chi connectivity index (χ1) is 23.7. The van der Waals surface area contributed by atoms with E-state index < -0.39 is 5.60 Å². The van der Waals surface area contributed by atoms with Gasteiger partial charge in [-0.15, -0.1) is 0 Å². The molecule has 0 unspecified atom stereocenters. The van der Waals surface area contributed by atoms with E-state index in [-0.39, 0.29) is 11.8 Å². The normalized spacial score (nSPS) is 16.3. The topological polar surface area (TPSA) is 64.8 Å². The molecule has 0 saturated carbocycles. The molecule has 2 aromatic heterocycles. The van der Waals surface area contributed by atoms with E-state index in [2.05, 4.69) is 28.3 Å². The standard InChI is InChI=1S/C40H47ClFN5O3/c1-25-34(26(2)45(7)43-25)35-32(41)16-15-31-30(11-9-19-49-33-12-8-10-27-20-28(42)13-14-29(27)33)37(38(48)50-39(3,4)5)47(36(31)35)18-17-46-23-40(24-46)21-44(6)22-40/h8,10,12-16,20H,9,11,17-19,21-24H2,1-7H3. The van der Waals surface area contributed by atoms with Crippen molar-refractivity contribution < 1.29 is 18.7 Å². The molecule has 3 aromatic carbocycles. The largest absolute Gasteiger partial charge is 0.493 e. The van der Waals surface area contributed by atoms with Gasteiger partial charge in [0.05, 0.1) is 22.8 Å². The van der Waals surface area contributed by atoms with E-state index in [1.54, 1.807) is 6.07 Å². The van der Waals surface area contributed by atoms with Crippen LogP contribution in [0.4, 0.5) is 4.39 Å². The van der Waals surface area contributed by atoms with Crippen molar-refractivity contribution in [2.24, 2.45) is 12.5 Å². The molecule has 0 N–H and O–H groups in total. The third-order valence-corrected chi connectivity index (χ3v) is 10.5. The van der Waals surface area contributed by atoms with E-state index in [0.29, 0.717) is 47.9 Å². The molecule has 0 atom stereocenters. The number of fused-ring (bicyclic) bond motifs is 2. The van der Waals surface area contributed by atoms with Crippen LogP contribution in [-0.4, -0.2) is 82.1 Å². The summed E-state index contributed by atoms with van der Waals surface area (Å²) in [6.07, 6.45) is 1.24. The van der Waals surface area contributed by atoms with E-state index in [0.717, 1.165) is 82.5 Å². The highest BCUT2D eigenvalue weighted by molar-refractivity contribution is 6.35. The lowest BCUT2D eigenvalue weighted by atomic mass is 9.73. The van der Waals surface area contributed by atoms with Crippen molar-refractivity contribution in [2.45, 2.75) is 59.6 Å². The molecule has 2 aliphatic heterocycles. The smallest absolute Gasteiger partial charge is 0.355 e. The number of carbonyl (C=O) groups excluding carboxylic acids is 1. The highest BCUT2D eigenvalue weighted by atomic mass is 35.5. The number of hydrogen-bond acceptors (Lipinski definition) is 6. The van der Waals surface area contributed by atoms with Gasteiger partial charge in [0.2, 0.25) is 0 Å². The van der Waals surface area contributed by atoms with Gasteiger partial charge in [-0.2, -0.15) is 5.10 Å². The number of rotatable bonds is 10. The minimum Gasteiger partial charge on any atom is -0.493 e. The van der Waals surface area contributed by atoms with Crippen molar-refractivity contribution in [1.82, 2.24) is 24.1 Å². The Balaban J connectivity index is 1.28. The van der Waals surface area contributed by atoms with Crippen LogP contribution in [0.3, 0.4) is 0 Å². The van der Waals surface area contributed by atoms with Crippen molar-refractivity contribution in [1.29, 1.82) is 0 Å². The summed E-state index contributed by atoms with van der Waals surface area (Å²) in [6, 6.07) is 14.4. The predicted octanol–water partition coefficient (Wildman–Crippen LogP) is 7.82. The first-order valence-electron chi connectivity index (χ1n) is 17.5. The van der Waals surface area contributed by atoms with Crippen LogP contribution in [0.25, 0.3) is 32.8 Å². The average molecular weight is 700 g/mol. The molecular weight excluding hydrogens is 653 g/mol. The van der Waals surface area contributed by atoms with Crippen molar-refractivity contribution in [3.8, 4) is 16.9 Å². The summed E-state index contributed by atoms with van der Waals surface area (Å²) in [6.45, 7) is 16.0. The second-order valence-corrected chi connectivity index (χ2v) is 15.8. The molecular formula is C40H47ClFN5O3. The third kappa shape index (κ3) is 6.40. The summed E-state index contributed by atoms with van der Waals surface area (Å²) in [4.78, 5) is 19.2. The summed E-state index contributed by atoms with van der Waals surface area (Å²) in [7, 11) is 4.12. The average Bonchev–Trinajstić information content (AvgIpc) is 3.46. The number of hydrogen-bond donors (Lipinski definition) is 0. The molecule has 0 bridgehead atoms. The molecule has 4 heterocycles. The van der Waals surface area contributed by atoms with Gasteiger partial charge >= 0.3 is 5.97 Å². The first kappa shape index (κ1) is 34.5. The Morgan fingerprint density at radius 2 is 1.72 bits per heavy atom. The Morgan fingerprint density at radius 3 is 2.40 bits per heavy atom. The monoisotopic (exact) mass is 699 g/mol. The van der Waals surface area contributed by atoms with Crippen LogP contribution in [0.1, 0.15) is 54.6 Å². The fourth-order valence-corrected chi connectivity index (χ4v) is 8.53. The minimum atomic E-state index is -0.677. The molecule has 8 nitrogen and oxygen atoms in total. The maximum atomic E-state index is 14.3. The summed E-state index contributed by atoms with van der Waals surface area (Å²) in [5.41, 5.74) is 5.92. The minimum absolute atomic E-state index is 0.277. The van der Waals surface area contributed by atoms with Crippen LogP contribution < -0.4 is 4.74 Å². The van der Waals surface area contributed by atoms with Crippen molar-refractivity contribution in [3.63, 3.8) is 0 Å². The molecule has 0 amide bonds. The van der Waals surface area contributed by atoms with Gasteiger partial charge in [-0.1, -0.05) is 29.8 Å². The number of aromatic nitrogens is 3. The lowest BCUT2D eigenvalue weighted by molar-refractivity contribution is -0.104. The van der Waals surface area contributed by atoms with Gasteiger partial charge in [-0.25, -0.2) is 9.18 Å². The summed E-state index contributed by atoms with van der Waals surface area (Å²) in [5, 5.41) is 7.99. The highest BCUT2D eigenvalue weighted by Gasteiger charge is 2.50. The van der Waals surface area contributed by atoms with Crippen LogP contribution in [0.2, 0.25) is 5.02 Å². The van der Waals surface area contributed by atoms with Gasteiger partial charge in [0.25, 0.3) is 0 Å². The third-order valence-electron chi connectivity index (χ3n) is 10.2. The first-order valence-corrected chi connectivity index (χ1v) is 17.9. The predicted molar refractivity (Wildman–Crippen MR) is 198 cm³/mol. The van der Waals surface area contributed by atoms with Crippen LogP contribution >= 0.6 is 11.6 Å². The van der Waals surface area contributed by atoms with E-state index in [9.17, 15) is 9.18 Å². The molecule has 2 saturated heterocycles. The number of nitrogens with zero attached hydrogens (tertiary/aromatic N) is 5. The number of esters is 1. The van der Waals surface area contributed by atoms with E-state index >= 15 is 0 Å². The van der Waals surface area contributed by atoms with E-state index in [1.807, 2.05) is 69.8 Å². The number of ether oxygens (including phenoxy) is 2.